The van der Waals surface area contributed by atoms with Gasteiger partial charge in [-0.2, -0.15) is 0 Å². The molecular formula is C18H26N2O5S. The summed E-state index contributed by atoms with van der Waals surface area (Å²) in [5.74, 6) is -1.16. The Labute approximate surface area is 154 Å². The Morgan fingerprint density at radius 3 is 2.50 bits per heavy atom. The van der Waals surface area contributed by atoms with Gasteiger partial charge in [-0.3, -0.25) is 4.90 Å². The van der Waals surface area contributed by atoms with E-state index >= 15 is 0 Å². The molecule has 1 aromatic rings. The summed E-state index contributed by atoms with van der Waals surface area (Å²) in [6.45, 7) is 7.10. The van der Waals surface area contributed by atoms with Crippen LogP contribution in [-0.4, -0.2) is 62.8 Å². The van der Waals surface area contributed by atoms with Crippen molar-refractivity contribution in [2.45, 2.75) is 43.0 Å². The maximum atomic E-state index is 12.9. The van der Waals surface area contributed by atoms with Gasteiger partial charge in [0.05, 0.1) is 23.7 Å². The zero-order valence-electron chi connectivity index (χ0n) is 15.2. The molecule has 2 N–H and O–H groups in total. The van der Waals surface area contributed by atoms with Crippen molar-refractivity contribution in [3.05, 3.63) is 29.3 Å². The lowest BCUT2D eigenvalue weighted by Crippen LogP contribution is -2.50. The second kappa shape index (κ2) is 7.26. The first-order chi connectivity index (χ1) is 12.3. The highest BCUT2D eigenvalue weighted by Crippen LogP contribution is 2.41. The number of carboxylic acid groups (broad SMARTS) is 1. The molecule has 26 heavy (non-hydrogen) atoms. The average Bonchev–Trinajstić information content (AvgIpc) is 3.41. The molecule has 0 unspecified atom stereocenters. The monoisotopic (exact) mass is 382 g/mol. The molecule has 1 aliphatic carbocycles. The molecule has 2 fully saturated rings. The van der Waals surface area contributed by atoms with E-state index in [0.29, 0.717) is 25.3 Å². The van der Waals surface area contributed by atoms with Crippen molar-refractivity contribution in [3.8, 4) is 0 Å². The highest BCUT2D eigenvalue weighted by atomic mass is 32.2. The SMILES string of the molecule is CC(C)c1ccc(C(=O)O)cc1S(=O)(=O)NCC1(N2CCOCC2)CC1. The molecule has 0 bridgehead atoms. The van der Waals surface area contributed by atoms with Crippen LogP contribution < -0.4 is 4.72 Å². The lowest BCUT2D eigenvalue weighted by atomic mass is 10.0. The van der Waals surface area contributed by atoms with Crippen molar-refractivity contribution in [2.75, 3.05) is 32.8 Å². The van der Waals surface area contributed by atoms with E-state index in [9.17, 15) is 18.3 Å². The third-order valence-corrected chi connectivity index (χ3v) is 6.73. The van der Waals surface area contributed by atoms with Crippen LogP contribution in [0.5, 0.6) is 0 Å². The van der Waals surface area contributed by atoms with Crippen molar-refractivity contribution in [2.24, 2.45) is 0 Å². The number of morpholine rings is 1. The van der Waals surface area contributed by atoms with E-state index in [1.807, 2.05) is 13.8 Å². The number of nitrogens with one attached hydrogen (secondary N) is 1. The summed E-state index contributed by atoms with van der Waals surface area (Å²) < 4.78 is 34.0. The van der Waals surface area contributed by atoms with Crippen molar-refractivity contribution in [3.63, 3.8) is 0 Å². The summed E-state index contributed by atoms with van der Waals surface area (Å²) in [5.41, 5.74) is 0.474. The molecule has 0 radical (unpaired) electrons. The highest BCUT2D eigenvalue weighted by molar-refractivity contribution is 7.89. The van der Waals surface area contributed by atoms with Gasteiger partial charge in [-0.05, 0) is 36.5 Å². The van der Waals surface area contributed by atoms with Gasteiger partial charge >= 0.3 is 5.97 Å². The highest BCUT2D eigenvalue weighted by Gasteiger charge is 2.48. The normalized spacial score (nSPS) is 20.3. The average molecular weight is 382 g/mol. The fourth-order valence-electron chi connectivity index (χ4n) is 3.47. The Morgan fingerprint density at radius 1 is 1.31 bits per heavy atom. The first-order valence-electron chi connectivity index (χ1n) is 8.95. The van der Waals surface area contributed by atoms with Crippen LogP contribution >= 0.6 is 0 Å². The quantitative estimate of drug-likeness (QED) is 0.744. The standard InChI is InChI=1S/C18H26N2O5S/c1-13(2)15-4-3-14(17(21)22)11-16(15)26(23,24)19-12-18(5-6-18)20-7-9-25-10-8-20/h3-4,11,13,19H,5-10,12H2,1-2H3,(H,21,22). The Balaban J connectivity index is 1.81. The van der Waals surface area contributed by atoms with Crippen LogP contribution in [0, 0.1) is 0 Å². The molecule has 7 nitrogen and oxygen atoms in total. The number of sulfonamides is 1. The summed E-state index contributed by atoms with van der Waals surface area (Å²) >= 11 is 0. The Bertz CT molecular complexity index is 781. The number of hydrogen-bond donors (Lipinski definition) is 2. The topological polar surface area (TPSA) is 95.9 Å². The van der Waals surface area contributed by atoms with Crippen LogP contribution in [0.3, 0.4) is 0 Å². The molecular weight excluding hydrogens is 356 g/mol. The number of benzene rings is 1. The number of hydrogen-bond acceptors (Lipinski definition) is 5. The van der Waals surface area contributed by atoms with Crippen LogP contribution in [-0.2, 0) is 14.8 Å². The van der Waals surface area contributed by atoms with E-state index < -0.39 is 16.0 Å². The van der Waals surface area contributed by atoms with E-state index in [2.05, 4.69) is 9.62 Å². The van der Waals surface area contributed by atoms with Gasteiger partial charge in [-0.15, -0.1) is 0 Å². The summed E-state index contributed by atoms with van der Waals surface area (Å²) in [6.07, 6.45) is 1.92. The minimum absolute atomic E-state index is 0.0240. The smallest absolute Gasteiger partial charge is 0.335 e. The molecule has 3 rings (SSSR count). The zero-order chi connectivity index (χ0) is 18.9. The Kier molecular flexibility index (Phi) is 5.39. The summed E-state index contributed by atoms with van der Waals surface area (Å²) in [7, 11) is -3.80. The van der Waals surface area contributed by atoms with Crippen molar-refractivity contribution in [1.82, 2.24) is 9.62 Å². The third-order valence-electron chi connectivity index (χ3n) is 5.27. The predicted molar refractivity (Wildman–Crippen MR) is 97.0 cm³/mol. The van der Waals surface area contributed by atoms with Crippen molar-refractivity contribution in [1.29, 1.82) is 0 Å². The molecule has 0 atom stereocenters. The molecule has 2 aliphatic rings. The molecule has 144 valence electrons. The van der Waals surface area contributed by atoms with Gasteiger partial charge in [-0.25, -0.2) is 17.9 Å². The second-order valence-corrected chi connectivity index (χ2v) is 9.10. The fraction of sp³-hybridized carbons (Fsp3) is 0.611. The second-order valence-electron chi connectivity index (χ2n) is 7.36. The molecule has 0 spiro atoms. The number of carbonyl (C=O) groups is 1. The zero-order valence-corrected chi connectivity index (χ0v) is 16.0. The predicted octanol–water partition coefficient (Wildman–Crippen LogP) is 1.65. The van der Waals surface area contributed by atoms with Gasteiger partial charge in [0.1, 0.15) is 0 Å². The van der Waals surface area contributed by atoms with Gasteiger partial charge in [0.2, 0.25) is 10.0 Å². The molecule has 0 amide bonds. The van der Waals surface area contributed by atoms with Gasteiger partial charge < -0.3 is 9.84 Å². The summed E-state index contributed by atoms with van der Waals surface area (Å²) in [4.78, 5) is 13.6. The molecule has 1 saturated carbocycles. The van der Waals surface area contributed by atoms with E-state index in [-0.39, 0.29) is 21.9 Å². The van der Waals surface area contributed by atoms with Crippen LogP contribution in [0.15, 0.2) is 23.1 Å². The van der Waals surface area contributed by atoms with Crippen molar-refractivity contribution < 1.29 is 23.1 Å². The van der Waals surface area contributed by atoms with Gasteiger partial charge in [0, 0.05) is 25.2 Å². The maximum absolute atomic E-state index is 12.9. The largest absolute Gasteiger partial charge is 0.478 e. The summed E-state index contributed by atoms with van der Waals surface area (Å²) in [5, 5.41) is 9.21. The van der Waals surface area contributed by atoms with Crippen LogP contribution in [0.4, 0.5) is 0 Å². The maximum Gasteiger partial charge on any atom is 0.335 e. The van der Waals surface area contributed by atoms with Gasteiger partial charge in [0.15, 0.2) is 0 Å². The third kappa shape index (κ3) is 3.93. The fourth-order valence-corrected chi connectivity index (χ4v) is 4.98. The number of aromatic carboxylic acids is 1. The molecule has 1 saturated heterocycles. The molecule has 0 aromatic heterocycles. The minimum atomic E-state index is -3.80. The van der Waals surface area contributed by atoms with E-state index in [0.717, 1.165) is 25.9 Å². The van der Waals surface area contributed by atoms with Gasteiger partial charge in [-0.1, -0.05) is 19.9 Å². The van der Waals surface area contributed by atoms with Crippen LogP contribution in [0.1, 0.15) is 48.5 Å². The van der Waals surface area contributed by atoms with Crippen LogP contribution in [0.25, 0.3) is 0 Å². The van der Waals surface area contributed by atoms with Crippen LogP contribution in [0.2, 0.25) is 0 Å². The first-order valence-corrected chi connectivity index (χ1v) is 10.4. The van der Waals surface area contributed by atoms with E-state index in [1.54, 1.807) is 6.07 Å². The number of ether oxygens (including phenoxy) is 1. The lowest BCUT2D eigenvalue weighted by Gasteiger charge is -2.35. The molecule has 1 aromatic carbocycles. The number of rotatable bonds is 7. The summed E-state index contributed by atoms with van der Waals surface area (Å²) in [6, 6.07) is 4.30. The Morgan fingerprint density at radius 2 is 1.96 bits per heavy atom. The number of carboxylic acids is 1. The van der Waals surface area contributed by atoms with E-state index in [4.69, 9.17) is 4.74 Å². The molecule has 8 heteroatoms. The van der Waals surface area contributed by atoms with Gasteiger partial charge in [0.25, 0.3) is 0 Å². The molecule has 1 heterocycles. The number of nitrogens with zero attached hydrogens (tertiary/aromatic N) is 1. The van der Waals surface area contributed by atoms with E-state index in [1.165, 1.54) is 12.1 Å². The first kappa shape index (κ1) is 19.3. The Hall–Kier alpha value is -1.48. The minimum Gasteiger partial charge on any atom is -0.478 e. The molecule has 1 aliphatic heterocycles. The lowest BCUT2D eigenvalue weighted by molar-refractivity contribution is 0.0108. The van der Waals surface area contributed by atoms with Crippen molar-refractivity contribution >= 4 is 16.0 Å².